The number of benzene rings is 1. The highest BCUT2D eigenvalue weighted by Gasteiger charge is 2.54. The van der Waals surface area contributed by atoms with Gasteiger partial charge in [-0.2, -0.15) is 0 Å². The second kappa shape index (κ2) is 9.54. The molecule has 2 aromatic rings. The van der Waals surface area contributed by atoms with Gasteiger partial charge < -0.3 is 19.4 Å². The number of halogens is 2. The van der Waals surface area contributed by atoms with E-state index in [0.29, 0.717) is 6.07 Å². The lowest BCUT2D eigenvalue weighted by Crippen LogP contribution is -2.60. The molecule has 2 aliphatic rings. The maximum Gasteiger partial charge on any atom is 0.292 e. The van der Waals surface area contributed by atoms with Crippen LogP contribution in [0.1, 0.15) is 54.0 Å². The zero-order valence-corrected chi connectivity index (χ0v) is 19.1. The summed E-state index contributed by atoms with van der Waals surface area (Å²) in [5, 5.41) is 2.90. The SMILES string of the molecule is CCC(C)NC(=O)C1COC2(CCN(C(=O)c3ccc(F)cc3F)CC2)N1C(=O)c1ccco1. The molecule has 1 aromatic carbocycles. The van der Waals surface area contributed by atoms with Crippen molar-refractivity contribution < 1.29 is 32.3 Å². The number of likely N-dealkylation sites (tertiary alicyclic amines) is 1. The van der Waals surface area contributed by atoms with Gasteiger partial charge >= 0.3 is 0 Å². The zero-order valence-electron chi connectivity index (χ0n) is 19.1. The molecule has 0 saturated carbocycles. The highest BCUT2D eigenvalue weighted by molar-refractivity contribution is 5.97. The van der Waals surface area contributed by atoms with Crippen LogP contribution in [-0.2, 0) is 9.53 Å². The maximum atomic E-state index is 14.1. The molecule has 1 aromatic heterocycles. The normalized spacial score (nSPS) is 20.4. The molecule has 3 amide bonds. The Labute approximate surface area is 195 Å². The molecule has 4 rings (SSSR count). The van der Waals surface area contributed by atoms with Crippen LogP contribution in [0.25, 0.3) is 0 Å². The van der Waals surface area contributed by atoms with Crippen LogP contribution in [0, 0.1) is 11.6 Å². The van der Waals surface area contributed by atoms with Gasteiger partial charge in [-0.25, -0.2) is 8.78 Å². The van der Waals surface area contributed by atoms with E-state index in [9.17, 15) is 23.2 Å². The molecule has 2 fully saturated rings. The number of nitrogens with one attached hydrogen (secondary N) is 1. The van der Waals surface area contributed by atoms with Crippen molar-refractivity contribution in [3.63, 3.8) is 0 Å². The number of nitrogens with zero attached hydrogens (tertiary/aromatic N) is 2. The van der Waals surface area contributed by atoms with E-state index in [1.165, 1.54) is 22.1 Å². The Hall–Kier alpha value is -3.27. The third-order valence-electron chi connectivity index (χ3n) is 6.51. The van der Waals surface area contributed by atoms with E-state index in [-0.39, 0.29) is 55.8 Å². The largest absolute Gasteiger partial charge is 0.459 e. The molecule has 10 heteroatoms. The number of carbonyl (C=O) groups excluding carboxylic acids is 3. The van der Waals surface area contributed by atoms with Gasteiger partial charge in [0.15, 0.2) is 5.76 Å². The van der Waals surface area contributed by atoms with Gasteiger partial charge in [-0.15, -0.1) is 0 Å². The van der Waals surface area contributed by atoms with Crippen molar-refractivity contribution in [3.8, 4) is 0 Å². The Bertz CT molecular complexity index is 1070. The van der Waals surface area contributed by atoms with Gasteiger partial charge in [0.2, 0.25) is 5.91 Å². The third kappa shape index (κ3) is 4.42. The molecule has 2 saturated heterocycles. The first-order valence-electron chi connectivity index (χ1n) is 11.3. The van der Waals surface area contributed by atoms with Crippen molar-refractivity contribution in [2.45, 2.75) is 50.9 Å². The lowest BCUT2D eigenvalue weighted by Gasteiger charge is -2.44. The molecule has 3 heterocycles. The summed E-state index contributed by atoms with van der Waals surface area (Å²) >= 11 is 0. The minimum atomic E-state index is -1.11. The monoisotopic (exact) mass is 475 g/mol. The Morgan fingerprint density at radius 1 is 1.18 bits per heavy atom. The lowest BCUT2D eigenvalue weighted by atomic mass is 9.96. The summed E-state index contributed by atoms with van der Waals surface area (Å²) in [5.74, 6) is -2.98. The number of piperidine rings is 1. The Kier molecular flexibility index (Phi) is 6.70. The summed E-state index contributed by atoms with van der Waals surface area (Å²) in [4.78, 5) is 42.1. The van der Waals surface area contributed by atoms with Crippen LogP contribution in [0.2, 0.25) is 0 Å². The van der Waals surface area contributed by atoms with Gasteiger partial charge in [0, 0.05) is 38.0 Å². The average Bonchev–Trinajstić information content (AvgIpc) is 3.48. The first-order chi connectivity index (χ1) is 16.3. The first-order valence-corrected chi connectivity index (χ1v) is 11.3. The van der Waals surface area contributed by atoms with Crippen molar-refractivity contribution >= 4 is 17.7 Å². The number of carbonyl (C=O) groups is 3. The highest BCUT2D eigenvalue weighted by Crippen LogP contribution is 2.39. The van der Waals surface area contributed by atoms with Gasteiger partial charge in [0.1, 0.15) is 23.4 Å². The summed E-state index contributed by atoms with van der Waals surface area (Å²) < 4.78 is 38.7. The zero-order chi connectivity index (χ0) is 24.5. The van der Waals surface area contributed by atoms with Gasteiger partial charge in [-0.1, -0.05) is 6.92 Å². The first kappa shape index (κ1) is 23.9. The van der Waals surface area contributed by atoms with Crippen LogP contribution >= 0.6 is 0 Å². The predicted molar refractivity (Wildman–Crippen MR) is 117 cm³/mol. The van der Waals surface area contributed by atoms with E-state index in [1.54, 1.807) is 6.07 Å². The molecular weight excluding hydrogens is 448 g/mol. The minimum Gasteiger partial charge on any atom is -0.459 e. The Balaban J connectivity index is 1.55. The van der Waals surface area contributed by atoms with E-state index in [0.717, 1.165) is 18.6 Å². The standard InChI is InChI=1S/C24H27F2N3O5/c1-3-15(2)27-21(30)19-14-34-24(29(19)23(32)20-5-4-12-33-20)8-10-28(11-9-24)22(31)17-7-6-16(25)13-18(17)26/h4-7,12-13,15,19H,3,8-11,14H2,1-2H3,(H,27,30). The van der Waals surface area contributed by atoms with Crippen LogP contribution in [0.4, 0.5) is 8.78 Å². The van der Waals surface area contributed by atoms with E-state index in [2.05, 4.69) is 5.32 Å². The third-order valence-corrected chi connectivity index (χ3v) is 6.51. The van der Waals surface area contributed by atoms with E-state index in [1.807, 2.05) is 13.8 Å². The Morgan fingerprint density at radius 2 is 1.91 bits per heavy atom. The highest BCUT2D eigenvalue weighted by atomic mass is 19.1. The van der Waals surface area contributed by atoms with Crippen LogP contribution in [0.15, 0.2) is 41.0 Å². The second-order valence-corrected chi connectivity index (χ2v) is 8.66. The molecule has 0 bridgehead atoms. The van der Waals surface area contributed by atoms with Crippen LogP contribution in [0.3, 0.4) is 0 Å². The predicted octanol–water partition coefficient (Wildman–Crippen LogP) is 2.95. The average molecular weight is 475 g/mol. The molecule has 2 aliphatic heterocycles. The molecule has 182 valence electrons. The van der Waals surface area contributed by atoms with Crippen molar-refractivity contribution in [3.05, 3.63) is 59.6 Å². The van der Waals surface area contributed by atoms with Crippen molar-refractivity contribution in [2.75, 3.05) is 19.7 Å². The van der Waals surface area contributed by atoms with Crippen molar-refractivity contribution in [1.82, 2.24) is 15.1 Å². The molecule has 8 nitrogen and oxygen atoms in total. The number of hydrogen-bond donors (Lipinski definition) is 1. The number of hydrogen-bond acceptors (Lipinski definition) is 5. The molecule has 34 heavy (non-hydrogen) atoms. The molecule has 0 radical (unpaired) electrons. The molecule has 1 spiro atoms. The fraction of sp³-hybridized carbons (Fsp3) is 0.458. The van der Waals surface area contributed by atoms with E-state index >= 15 is 0 Å². The Morgan fingerprint density at radius 3 is 2.53 bits per heavy atom. The summed E-state index contributed by atoms with van der Waals surface area (Å²) in [7, 11) is 0. The van der Waals surface area contributed by atoms with Crippen molar-refractivity contribution in [2.24, 2.45) is 0 Å². The lowest BCUT2D eigenvalue weighted by molar-refractivity contribution is -0.128. The van der Waals surface area contributed by atoms with Gasteiger partial charge in [0.25, 0.3) is 11.8 Å². The molecule has 1 N–H and O–H groups in total. The number of furan rings is 1. The minimum absolute atomic E-state index is 0.00918. The van der Waals surface area contributed by atoms with Gasteiger partial charge in [0.05, 0.1) is 18.4 Å². The second-order valence-electron chi connectivity index (χ2n) is 8.66. The fourth-order valence-corrected chi connectivity index (χ4v) is 4.42. The molecule has 2 unspecified atom stereocenters. The maximum absolute atomic E-state index is 14.1. The summed E-state index contributed by atoms with van der Waals surface area (Å²) in [6.45, 7) is 4.16. The summed E-state index contributed by atoms with van der Waals surface area (Å²) in [6, 6.07) is 5.00. The van der Waals surface area contributed by atoms with Gasteiger partial charge in [-0.3, -0.25) is 19.3 Å². The summed E-state index contributed by atoms with van der Waals surface area (Å²) in [6.07, 6.45) is 2.55. The quantitative estimate of drug-likeness (QED) is 0.718. The fourth-order valence-electron chi connectivity index (χ4n) is 4.42. The smallest absolute Gasteiger partial charge is 0.292 e. The van der Waals surface area contributed by atoms with E-state index in [4.69, 9.17) is 9.15 Å². The van der Waals surface area contributed by atoms with Crippen LogP contribution in [0.5, 0.6) is 0 Å². The number of ether oxygens (including phenoxy) is 1. The van der Waals surface area contributed by atoms with Gasteiger partial charge in [-0.05, 0) is 37.6 Å². The van der Waals surface area contributed by atoms with Crippen molar-refractivity contribution in [1.29, 1.82) is 0 Å². The van der Waals surface area contributed by atoms with E-state index < -0.39 is 35.2 Å². The molecule has 0 aliphatic carbocycles. The summed E-state index contributed by atoms with van der Waals surface area (Å²) in [5.41, 5.74) is -1.33. The topological polar surface area (TPSA) is 92.1 Å². The van der Waals surface area contributed by atoms with Crippen LogP contribution in [-0.4, -0.2) is 65.0 Å². The number of amides is 3. The van der Waals surface area contributed by atoms with Crippen LogP contribution < -0.4 is 5.32 Å². The number of rotatable bonds is 5. The molecular formula is C24H27F2N3O5. The molecule has 2 atom stereocenters.